The standard InChI is InChI=1S/C16H15Cl2F2NO3/c1-2-23-15-5-9(3-4-14(15)24-16(19)20)13(22)6-10-11(17)7-21-8-12(10)18/h3-5,7-8,13,16,22H,2,6H2,1H3/p+1/t13-/m0/s1. The molecule has 130 valence electrons. The summed E-state index contributed by atoms with van der Waals surface area (Å²) in [5, 5.41) is 11.2. The predicted molar refractivity (Wildman–Crippen MR) is 85.9 cm³/mol. The lowest BCUT2D eigenvalue weighted by Crippen LogP contribution is -2.09. The molecule has 0 aliphatic rings. The van der Waals surface area contributed by atoms with E-state index in [2.05, 4.69) is 9.72 Å². The Kier molecular flexibility index (Phi) is 6.60. The van der Waals surface area contributed by atoms with E-state index in [1.807, 2.05) is 0 Å². The van der Waals surface area contributed by atoms with Gasteiger partial charge >= 0.3 is 6.61 Å². The average Bonchev–Trinajstić information content (AvgIpc) is 2.52. The third-order valence-electron chi connectivity index (χ3n) is 3.26. The first-order chi connectivity index (χ1) is 11.4. The first-order valence-electron chi connectivity index (χ1n) is 7.16. The number of aromatic amines is 1. The summed E-state index contributed by atoms with van der Waals surface area (Å²) < 4.78 is 34.5. The van der Waals surface area contributed by atoms with Crippen LogP contribution in [-0.4, -0.2) is 18.3 Å². The summed E-state index contributed by atoms with van der Waals surface area (Å²) in [7, 11) is 0. The molecule has 0 saturated heterocycles. The summed E-state index contributed by atoms with van der Waals surface area (Å²) >= 11 is 12.1. The van der Waals surface area contributed by atoms with Crippen LogP contribution in [0.25, 0.3) is 0 Å². The molecule has 2 N–H and O–H groups in total. The van der Waals surface area contributed by atoms with Crippen molar-refractivity contribution in [3.63, 3.8) is 0 Å². The number of halogens is 4. The highest BCUT2D eigenvalue weighted by atomic mass is 35.5. The van der Waals surface area contributed by atoms with Crippen LogP contribution in [0.2, 0.25) is 10.0 Å². The van der Waals surface area contributed by atoms with Gasteiger partial charge < -0.3 is 14.6 Å². The number of benzene rings is 1. The van der Waals surface area contributed by atoms with E-state index in [9.17, 15) is 13.9 Å². The lowest BCUT2D eigenvalue weighted by molar-refractivity contribution is -0.377. The molecule has 24 heavy (non-hydrogen) atoms. The van der Waals surface area contributed by atoms with Gasteiger partial charge in [0, 0.05) is 12.0 Å². The number of H-pyrrole nitrogens is 1. The van der Waals surface area contributed by atoms with E-state index in [1.165, 1.54) is 18.2 Å². The molecule has 0 aliphatic heterocycles. The summed E-state index contributed by atoms with van der Waals surface area (Å²) in [5.41, 5.74) is 1.05. The molecule has 2 rings (SSSR count). The van der Waals surface area contributed by atoms with Crippen LogP contribution in [0.1, 0.15) is 24.2 Å². The Hall–Kier alpha value is -1.63. The number of ether oxygens (including phenoxy) is 2. The maximum Gasteiger partial charge on any atom is 0.387 e. The summed E-state index contributed by atoms with van der Waals surface area (Å²) in [6.07, 6.45) is 2.33. The van der Waals surface area contributed by atoms with Crippen molar-refractivity contribution in [2.45, 2.75) is 26.1 Å². The molecule has 1 atom stereocenters. The predicted octanol–water partition coefficient (Wildman–Crippen LogP) is 4.08. The number of aliphatic hydroxyl groups excluding tert-OH is 1. The molecule has 0 radical (unpaired) electrons. The number of rotatable bonds is 7. The Bertz CT molecular complexity index is 681. The molecular weight excluding hydrogens is 363 g/mol. The smallest absolute Gasteiger partial charge is 0.387 e. The Morgan fingerprint density at radius 2 is 1.83 bits per heavy atom. The Labute approximate surface area is 147 Å². The number of alkyl halides is 2. The van der Waals surface area contributed by atoms with Crippen molar-refractivity contribution in [1.82, 2.24) is 0 Å². The van der Waals surface area contributed by atoms with Crippen LogP contribution in [0.15, 0.2) is 30.6 Å². The van der Waals surface area contributed by atoms with Crippen LogP contribution < -0.4 is 14.5 Å². The zero-order valence-electron chi connectivity index (χ0n) is 12.7. The number of nitrogens with one attached hydrogen (secondary N) is 1. The third-order valence-corrected chi connectivity index (χ3v) is 3.94. The van der Waals surface area contributed by atoms with Crippen molar-refractivity contribution in [1.29, 1.82) is 0 Å². The second-order valence-electron chi connectivity index (χ2n) is 4.87. The molecule has 0 spiro atoms. The van der Waals surface area contributed by atoms with Gasteiger partial charge in [-0.1, -0.05) is 29.3 Å². The zero-order valence-corrected chi connectivity index (χ0v) is 14.2. The number of aromatic nitrogens is 1. The van der Waals surface area contributed by atoms with Crippen molar-refractivity contribution in [2.24, 2.45) is 0 Å². The van der Waals surface area contributed by atoms with Gasteiger partial charge in [0.25, 0.3) is 0 Å². The van der Waals surface area contributed by atoms with Gasteiger partial charge in [-0.25, -0.2) is 4.98 Å². The Balaban J connectivity index is 2.25. The molecular formula is C16H16Cl2F2NO3+. The van der Waals surface area contributed by atoms with Gasteiger partial charge in [0.2, 0.25) is 0 Å². The lowest BCUT2D eigenvalue weighted by atomic mass is 10.0. The normalized spacial score (nSPS) is 12.3. The SMILES string of the molecule is CCOc1cc([C@@H](O)Cc2c(Cl)c[nH+]cc2Cl)ccc1OC(F)F. The summed E-state index contributed by atoms with van der Waals surface area (Å²) in [6, 6.07) is 4.28. The first-order valence-corrected chi connectivity index (χ1v) is 7.91. The van der Waals surface area contributed by atoms with Gasteiger partial charge in [-0.15, -0.1) is 0 Å². The Morgan fingerprint density at radius 3 is 2.42 bits per heavy atom. The molecule has 0 aliphatic carbocycles. The van der Waals surface area contributed by atoms with Gasteiger partial charge in [-0.2, -0.15) is 8.78 Å². The van der Waals surface area contributed by atoms with Gasteiger partial charge in [-0.05, 0) is 24.6 Å². The van der Waals surface area contributed by atoms with Crippen LogP contribution in [-0.2, 0) is 6.42 Å². The van der Waals surface area contributed by atoms with E-state index in [-0.39, 0.29) is 24.5 Å². The molecule has 2 aromatic rings. The zero-order chi connectivity index (χ0) is 17.7. The highest BCUT2D eigenvalue weighted by molar-refractivity contribution is 6.35. The number of aliphatic hydroxyl groups is 1. The molecule has 1 aromatic heterocycles. The minimum absolute atomic E-state index is 0.0897. The molecule has 0 amide bonds. The molecule has 1 heterocycles. The minimum Gasteiger partial charge on any atom is -0.490 e. The van der Waals surface area contributed by atoms with E-state index in [0.29, 0.717) is 21.2 Å². The fraction of sp³-hybridized carbons (Fsp3) is 0.312. The van der Waals surface area contributed by atoms with Crippen LogP contribution in [0.4, 0.5) is 8.78 Å². The third kappa shape index (κ3) is 4.69. The highest BCUT2D eigenvalue weighted by Gasteiger charge is 2.18. The van der Waals surface area contributed by atoms with Gasteiger partial charge in [-0.3, -0.25) is 0 Å². The molecule has 0 fully saturated rings. The summed E-state index contributed by atoms with van der Waals surface area (Å²) in [5.74, 6) is 0.0427. The molecule has 0 saturated carbocycles. The summed E-state index contributed by atoms with van der Waals surface area (Å²) in [6.45, 7) is -0.973. The number of hydrogen-bond donors (Lipinski definition) is 1. The first kappa shape index (κ1) is 18.7. The molecule has 8 heteroatoms. The van der Waals surface area contributed by atoms with Gasteiger partial charge in [0.1, 0.15) is 10.0 Å². The lowest BCUT2D eigenvalue weighted by Gasteiger charge is -2.16. The fourth-order valence-corrected chi connectivity index (χ4v) is 2.71. The molecule has 1 aromatic carbocycles. The average molecular weight is 379 g/mol. The van der Waals surface area contributed by atoms with E-state index in [0.717, 1.165) is 0 Å². The topological polar surface area (TPSA) is 52.8 Å². The van der Waals surface area contributed by atoms with E-state index in [4.69, 9.17) is 27.9 Å². The van der Waals surface area contributed by atoms with E-state index >= 15 is 0 Å². The second-order valence-corrected chi connectivity index (χ2v) is 5.68. The van der Waals surface area contributed by atoms with Crippen molar-refractivity contribution < 1.29 is 28.3 Å². The van der Waals surface area contributed by atoms with Crippen molar-refractivity contribution in [3.05, 3.63) is 51.8 Å². The second kappa shape index (κ2) is 8.46. The monoisotopic (exact) mass is 378 g/mol. The highest BCUT2D eigenvalue weighted by Crippen LogP contribution is 2.34. The number of pyridine rings is 1. The molecule has 0 bridgehead atoms. The molecule has 4 nitrogen and oxygen atoms in total. The van der Waals surface area contributed by atoms with Crippen LogP contribution in [0.5, 0.6) is 11.5 Å². The Morgan fingerprint density at radius 1 is 1.17 bits per heavy atom. The van der Waals surface area contributed by atoms with Crippen molar-refractivity contribution in [2.75, 3.05) is 6.61 Å². The van der Waals surface area contributed by atoms with E-state index in [1.54, 1.807) is 19.3 Å². The van der Waals surface area contributed by atoms with Crippen LogP contribution in [0, 0.1) is 0 Å². The van der Waals surface area contributed by atoms with Crippen molar-refractivity contribution in [3.8, 4) is 11.5 Å². The number of hydrogen-bond acceptors (Lipinski definition) is 3. The quantitative estimate of drug-likeness (QED) is 0.789. The largest absolute Gasteiger partial charge is 0.490 e. The molecule has 0 unspecified atom stereocenters. The van der Waals surface area contributed by atoms with Gasteiger partial charge in [0.15, 0.2) is 23.9 Å². The van der Waals surface area contributed by atoms with E-state index < -0.39 is 12.7 Å². The van der Waals surface area contributed by atoms with Crippen LogP contribution in [0.3, 0.4) is 0 Å². The van der Waals surface area contributed by atoms with Crippen molar-refractivity contribution >= 4 is 23.2 Å². The maximum atomic E-state index is 12.4. The van der Waals surface area contributed by atoms with Gasteiger partial charge in [0.05, 0.1) is 12.7 Å². The maximum absolute atomic E-state index is 12.4. The van der Waals surface area contributed by atoms with Crippen LogP contribution >= 0.6 is 23.2 Å². The fourth-order valence-electron chi connectivity index (χ4n) is 2.18. The summed E-state index contributed by atoms with van der Waals surface area (Å²) in [4.78, 5) is 2.78. The minimum atomic E-state index is -2.96.